The lowest BCUT2D eigenvalue weighted by molar-refractivity contribution is -0.122. The van der Waals surface area contributed by atoms with Crippen molar-refractivity contribution in [3.8, 4) is 0 Å². The van der Waals surface area contributed by atoms with Gasteiger partial charge in [0, 0.05) is 6.54 Å². The number of amides is 3. The second kappa shape index (κ2) is 9.88. The molecule has 0 heterocycles. The van der Waals surface area contributed by atoms with E-state index in [0.29, 0.717) is 13.1 Å². The highest BCUT2D eigenvalue weighted by Gasteiger charge is 2.21. The van der Waals surface area contributed by atoms with E-state index >= 15 is 0 Å². The maximum absolute atomic E-state index is 12.5. The van der Waals surface area contributed by atoms with Gasteiger partial charge >= 0.3 is 6.03 Å². The highest BCUT2D eigenvalue weighted by Crippen LogP contribution is 2.20. The second-order valence-corrected chi connectivity index (χ2v) is 6.00. The molecular formula is C19H27N3O2. The van der Waals surface area contributed by atoms with Crippen molar-refractivity contribution in [2.75, 3.05) is 13.1 Å². The summed E-state index contributed by atoms with van der Waals surface area (Å²) >= 11 is 0. The summed E-state index contributed by atoms with van der Waals surface area (Å²) in [6.07, 6.45) is 8.11. The quantitative estimate of drug-likeness (QED) is 0.673. The molecule has 0 fully saturated rings. The molecule has 3 N–H and O–H groups in total. The van der Waals surface area contributed by atoms with Crippen LogP contribution in [0, 0.1) is 0 Å². The van der Waals surface area contributed by atoms with E-state index in [4.69, 9.17) is 0 Å². The van der Waals surface area contributed by atoms with Gasteiger partial charge in [0.2, 0.25) is 5.91 Å². The molecule has 0 radical (unpaired) electrons. The fourth-order valence-corrected chi connectivity index (χ4v) is 2.91. The lowest BCUT2D eigenvalue weighted by Gasteiger charge is -2.20. The molecule has 130 valence electrons. The number of hydrogen-bond donors (Lipinski definition) is 3. The Balaban J connectivity index is 1.96. The largest absolute Gasteiger partial charge is 0.338 e. The fraction of sp³-hybridized carbons (Fsp3) is 0.474. The van der Waals surface area contributed by atoms with Crippen LogP contribution in [0.2, 0.25) is 0 Å². The lowest BCUT2D eigenvalue weighted by atomic mass is 9.97. The predicted molar refractivity (Wildman–Crippen MR) is 95.6 cm³/mol. The van der Waals surface area contributed by atoms with Crippen LogP contribution < -0.4 is 16.0 Å². The van der Waals surface area contributed by atoms with Crippen molar-refractivity contribution in [1.29, 1.82) is 0 Å². The molecule has 0 aliphatic heterocycles. The van der Waals surface area contributed by atoms with E-state index in [9.17, 15) is 9.59 Å². The van der Waals surface area contributed by atoms with Gasteiger partial charge in [-0.05, 0) is 51.1 Å². The number of rotatable bonds is 7. The third-order valence-corrected chi connectivity index (χ3v) is 4.15. The van der Waals surface area contributed by atoms with Gasteiger partial charge < -0.3 is 10.6 Å². The van der Waals surface area contributed by atoms with Crippen LogP contribution in [0.3, 0.4) is 0 Å². The van der Waals surface area contributed by atoms with Crippen LogP contribution >= 0.6 is 0 Å². The zero-order valence-electron chi connectivity index (χ0n) is 14.3. The number of benzene rings is 1. The molecule has 5 nitrogen and oxygen atoms in total. The van der Waals surface area contributed by atoms with E-state index in [1.165, 1.54) is 18.4 Å². The zero-order valence-corrected chi connectivity index (χ0v) is 14.3. The third-order valence-electron chi connectivity index (χ3n) is 4.15. The Morgan fingerprint density at radius 3 is 2.62 bits per heavy atom. The molecule has 5 heteroatoms. The molecule has 1 aromatic rings. The molecule has 0 aromatic heterocycles. The third kappa shape index (κ3) is 5.81. The van der Waals surface area contributed by atoms with Crippen molar-refractivity contribution in [3.63, 3.8) is 0 Å². The Labute approximate surface area is 143 Å². The SMILES string of the molecule is CCNC(=O)NC(=O)[C@H](NCCC1=CCCCC1)c1ccccc1. The van der Waals surface area contributed by atoms with Gasteiger partial charge in [-0.15, -0.1) is 0 Å². The number of allylic oxidation sites excluding steroid dienone is 1. The van der Waals surface area contributed by atoms with Crippen molar-refractivity contribution in [2.45, 2.75) is 45.1 Å². The predicted octanol–water partition coefficient (Wildman–Crippen LogP) is 3.05. The smallest absolute Gasteiger partial charge is 0.321 e. The summed E-state index contributed by atoms with van der Waals surface area (Å²) in [6, 6.07) is 8.51. The van der Waals surface area contributed by atoms with E-state index in [1.54, 1.807) is 0 Å². The number of carbonyl (C=O) groups is 2. The summed E-state index contributed by atoms with van der Waals surface area (Å²) in [6.45, 7) is 3.01. The highest BCUT2D eigenvalue weighted by atomic mass is 16.2. The zero-order chi connectivity index (χ0) is 17.2. The monoisotopic (exact) mass is 329 g/mol. The van der Waals surface area contributed by atoms with Crippen LogP contribution in [-0.4, -0.2) is 25.0 Å². The Bertz CT molecular complexity index is 569. The number of imide groups is 1. The van der Waals surface area contributed by atoms with E-state index < -0.39 is 12.1 Å². The molecule has 1 aromatic carbocycles. The molecule has 0 saturated carbocycles. The van der Waals surface area contributed by atoms with Crippen LogP contribution in [-0.2, 0) is 4.79 Å². The minimum absolute atomic E-state index is 0.329. The molecule has 3 amide bonds. The molecule has 1 aliphatic carbocycles. The van der Waals surface area contributed by atoms with Gasteiger partial charge in [-0.1, -0.05) is 42.0 Å². The molecule has 1 aliphatic rings. The summed E-state index contributed by atoms with van der Waals surface area (Å²) < 4.78 is 0. The summed E-state index contributed by atoms with van der Waals surface area (Å²) in [5.41, 5.74) is 2.32. The van der Waals surface area contributed by atoms with Crippen LogP contribution in [0.5, 0.6) is 0 Å². The minimum Gasteiger partial charge on any atom is -0.338 e. The van der Waals surface area contributed by atoms with Gasteiger partial charge in [0.25, 0.3) is 0 Å². The topological polar surface area (TPSA) is 70.2 Å². The maximum Gasteiger partial charge on any atom is 0.321 e. The first-order chi connectivity index (χ1) is 11.7. The first-order valence-corrected chi connectivity index (χ1v) is 8.75. The van der Waals surface area contributed by atoms with Crippen molar-refractivity contribution in [3.05, 3.63) is 47.5 Å². The molecule has 24 heavy (non-hydrogen) atoms. The maximum atomic E-state index is 12.5. The van der Waals surface area contributed by atoms with E-state index in [-0.39, 0.29) is 5.91 Å². The Kier molecular flexibility index (Phi) is 7.49. The Morgan fingerprint density at radius 2 is 1.96 bits per heavy atom. The highest BCUT2D eigenvalue weighted by molar-refractivity contribution is 5.97. The molecular weight excluding hydrogens is 302 g/mol. The van der Waals surface area contributed by atoms with Crippen LogP contribution in [0.15, 0.2) is 42.0 Å². The average Bonchev–Trinajstić information content (AvgIpc) is 2.60. The van der Waals surface area contributed by atoms with Gasteiger partial charge in [-0.2, -0.15) is 0 Å². The molecule has 0 saturated heterocycles. The number of nitrogens with one attached hydrogen (secondary N) is 3. The molecule has 0 unspecified atom stereocenters. The van der Waals surface area contributed by atoms with E-state index in [1.807, 2.05) is 37.3 Å². The second-order valence-electron chi connectivity index (χ2n) is 6.00. The van der Waals surface area contributed by atoms with Crippen molar-refractivity contribution in [2.24, 2.45) is 0 Å². The van der Waals surface area contributed by atoms with Crippen LogP contribution in [0.25, 0.3) is 0 Å². The average molecular weight is 329 g/mol. The van der Waals surface area contributed by atoms with Crippen molar-refractivity contribution < 1.29 is 9.59 Å². The van der Waals surface area contributed by atoms with Crippen molar-refractivity contribution >= 4 is 11.9 Å². The normalized spacial score (nSPS) is 15.3. The number of carbonyl (C=O) groups excluding carboxylic acids is 2. The van der Waals surface area contributed by atoms with Gasteiger partial charge in [0.1, 0.15) is 6.04 Å². The van der Waals surface area contributed by atoms with E-state index in [0.717, 1.165) is 24.8 Å². The number of urea groups is 1. The Morgan fingerprint density at radius 1 is 1.17 bits per heavy atom. The van der Waals surface area contributed by atoms with Gasteiger partial charge in [0.15, 0.2) is 0 Å². The summed E-state index contributed by atoms with van der Waals surface area (Å²) in [5.74, 6) is -0.329. The molecule has 1 atom stereocenters. The standard InChI is InChI=1S/C19H27N3O2/c1-2-20-19(24)22-18(23)17(16-11-7-4-8-12-16)21-14-13-15-9-5-3-6-10-15/h4,7-9,11-12,17,21H,2-3,5-6,10,13-14H2,1H3,(H2,20,22,23,24)/t17-/m1/s1. The van der Waals surface area contributed by atoms with Gasteiger partial charge in [-0.25, -0.2) is 4.79 Å². The number of hydrogen-bond acceptors (Lipinski definition) is 3. The summed E-state index contributed by atoms with van der Waals surface area (Å²) in [7, 11) is 0. The first-order valence-electron chi connectivity index (χ1n) is 8.75. The molecule has 2 rings (SSSR count). The van der Waals surface area contributed by atoms with Gasteiger partial charge in [-0.3, -0.25) is 10.1 Å². The fourth-order valence-electron chi connectivity index (χ4n) is 2.91. The van der Waals surface area contributed by atoms with Crippen LogP contribution in [0.1, 0.15) is 50.6 Å². The van der Waals surface area contributed by atoms with Crippen molar-refractivity contribution in [1.82, 2.24) is 16.0 Å². The minimum atomic E-state index is -0.530. The lowest BCUT2D eigenvalue weighted by Crippen LogP contribution is -2.45. The molecule has 0 bridgehead atoms. The first kappa shape index (κ1) is 18.2. The summed E-state index contributed by atoms with van der Waals surface area (Å²) in [4.78, 5) is 24.1. The summed E-state index contributed by atoms with van der Waals surface area (Å²) in [5, 5.41) is 8.28. The van der Waals surface area contributed by atoms with E-state index in [2.05, 4.69) is 22.0 Å². The Hall–Kier alpha value is -2.14. The van der Waals surface area contributed by atoms with Crippen LogP contribution in [0.4, 0.5) is 4.79 Å². The molecule has 0 spiro atoms. The van der Waals surface area contributed by atoms with Gasteiger partial charge in [0.05, 0.1) is 0 Å².